The molecule has 0 radical (unpaired) electrons. The first-order valence-electron chi connectivity index (χ1n) is 7.24. The molecule has 2 aromatic rings. The summed E-state index contributed by atoms with van der Waals surface area (Å²) in [5.41, 5.74) is 0.845. The number of hydrogen-bond donors (Lipinski definition) is 2. The van der Waals surface area contributed by atoms with E-state index in [0.717, 1.165) is 12.8 Å². The van der Waals surface area contributed by atoms with Gasteiger partial charge in [0.05, 0.1) is 6.20 Å². The summed E-state index contributed by atoms with van der Waals surface area (Å²) in [5, 5.41) is 7.23. The molecule has 2 bridgehead atoms. The number of alkyl halides is 1. The maximum Gasteiger partial charge on any atom is 0.270 e. The van der Waals surface area contributed by atoms with E-state index in [4.69, 9.17) is 4.42 Å². The SMILES string of the molecule is O=C(N[C@@H]1C[C@H]2CC[C@@H]1N2)c1cc2cc(CF)oc2cn1. The normalized spacial score (nSPS) is 27.4. The zero-order valence-corrected chi connectivity index (χ0v) is 11.4. The average molecular weight is 289 g/mol. The van der Waals surface area contributed by atoms with Gasteiger partial charge in [0.2, 0.25) is 0 Å². The number of fused-ring (bicyclic) bond motifs is 3. The monoisotopic (exact) mass is 289 g/mol. The molecule has 2 aliphatic rings. The summed E-state index contributed by atoms with van der Waals surface area (Å²) in [7, 11) is 0. The average Bonchev–Trinajstić information content (AvgIpc) is 3.20. The largest absolute Gasteiger partial charge is 0.457 e. The van der Waals surface area contributed by atoms with Crippen molar-refractivity contribution in [2.45, 2.75) is 44.1 Å². The fourth-order valence-corrected chi connectivity index (χ4v) is 3.42. The number of carbonyl (C=O) groups is 1. The molecule has 1 amide bonds. The third-order valence-electron chi connectivity index (χ3n) is 4.44. The highest BCUT2D eigenvalue weighted by molar-refractivity contribution is 5.95. The van der Waals surface area contributed by atoms with Crippen molar-refractivity contribution in [1.29, 1.82) is 0 Å². The molecule has 3 atom stereocenters. The zero-order valence-electron chi connectivity index (χ0n) is 11.4. The van der Waals surface area contributed by atoms with Gasteiger partial charge in [-0.25, -0.2) is 9.37 Å². The number of amides is 1. The van der Waals surface area contributed by atoms with Crippen LogP contribution >= 0.6 is 0 Å². The summed E-state index contributed by atoms with van der Waals surface area (Å²) in [6, 6.07) is 4.35. The smallest absolute Gasteiger partial charge is 0.270 e. The predicted octanol–water partition coefficient (Wildman–Crippen LogP) is 1.92. The number of rotatable bonds is 3. The van der Waals surface area contributed by atoms with E-state index in [0.29, 0.717) is 28.7 Å². The van der Waals surface area contributed by atoms with E-state index < -0.39 is 6.67 Å². The summed E-state index contributed by atoms with van der Waals surface area (Å²) < 4.78 is 17.8. The topological polar surface area (TPSA) is 67.2 Å². The highest BCUT2D eigenvalue weighted by Crippen LogP contribution is 2.28. The van der Waals surface area contributed by atoms with Crippen molar-refractivity contribution < 1.29 is 13.6 Å². The van der Waals surface area contributed by atoms with Crippen LogP contribution in [0.3, 0.4) is 0 Å². The van der Waals surface area contributed by atoms with E-state index >= 15 is 0 Å². The number of aromatic nitrogens is 1. The lowest BCUT2D eigenvalue weighted by Gasteiger charge is -2.21. The minimum atomic E-state index is -0.660. The summed E-state index contributed by atoms with van der Waals surface area (Å²) in [4.78, 5) is 16.4. The number of nitrogens with zero attached hydrogens (tertiary/aromatic N) is 1. The molecule has 0 saturated carbocycles. The Morgan fingerprint density at radius 2 is 2.38 bits per heavy atom. The Morgan fingerprint density at radius 1 is 1.48 bits per heavy atom. The van der Waals surface area contributed by atoms with E-state index in [1.165, 1.54) is 12.6 Å². The first-order chi connectivity index (χ1) is 10.2. The lowest BCUT2D eigenvalue weighted by molar-refractivity contribution is 0.0926. The van der Waals surface area contributed by atoms with Gasteiger partial charge in [-0.3, -0.25) is 4.79 Å². The summed E-state index contributed by atoms with van der Waals surface area (Å²) in [5.74, 6) is 0.0703. The summed E-state index contributed by atoms with van der Waals surface area (Å²) >= 11 is 0. The van der Waals surface area contributed by atoms with Crippen LogP contribution in [0, 0.1) is 0 Å². The summed E-state index contributed by atoms with van der Waals surface area (Å²) in [6.45, 7) is -0.660. The molecule has 2 aromatic heterocycles. The van der Waals surface area contributed by atoms with Crippen LogP contribution in [-0.4, -0.2) is 29.0 Å². The van der Waals surface area contributed by atoms with Crippen LogP contribution in [0.15, 0.2) is 22.7 Å². The zero-order chi connectivity index (χ0) is 14.4. The molecular weight excluding hydrogens is 273 g/mol. The number of halogens is 1. The van der Waals surface area contributed by atoms with Gasteiger partial charge in [-0.2, -0.15) is 0 Å². The molecule has 2 fully saturated rings. The van der Waals surface area contributed by atoms with Crippen molar-refractivity contribution in [2.75, 3.05) is 0 Å². The Kier molecular flexibility index (Phi) is 2.92. The van der Waals surface area contributed by atoms with Crippen LogP contribution in [-0.2, 0) is 6.67 Å². The molecule has 0 aromatic carbocycles. The van der Waals surface area contributed by atoms with Crippen molar-refractivity contribution in [3.8, 4) is 0 Å². The van der Waals surface area contributed by atoms with Crippen molar-refractivity contribution in [1.82, 2.24) is 15.6 Å². The highest BCUT2D eigenvalue weighted by Gasteiger charge is 2.39. The first kappa shape index (κ1) is 12.8. The number of carbonyl (C=O) groups excluding carboxylic acids is 1. The quantitative estimate of drug-likeness (QED) is 0.906. The molecule has 0 aliphatic carbocycles. The molecule has 21 heavy (non-hydrogen) atoms. The fraction of sp³-hybridized carbons (Fsp3) is 0.467. The molecule has 2 N–H and O–H groups in total. The molecule has 2 aliphatic heterocycles. The Hall–Kier alpha value is -1.95. The van der Waals surface area contributed by atoms with Crippen LogP contribution in [0.5, 0.6) is 0 Å². The van der Waals surface area contributed by atoms with Gasteiger partial charge in [0.25, 0.3) is 5.91 Å². The van der Waals surface area contributed by atoms with Gasteiger partial charge < -0.3 is 15.1 Å². The second kappa shape index (κ2) is 4.80. The minimum absolute atomic E-state index is 0.180. The standard InChI is InChI=1S/C15H16FN3O2/c16-6-10-3-8-4-13(17-7-14(8)21-10)15(20)19-12-5-9-1-2-11(12)18-9/h3-4,7,9,11-12,18H,1-2,5-6H2,(H,19,20)/t9-,11+,12-/m1/s1. The fourth-order valence-electron chi connectivity index (χ4n) is 3.42. The number of pyridine rings is 1. The molecule has 4 rings (SSSR count). The van der Waals surface area contributed by atoms with Gasteiger partial charge >= 0.3 is 0 Å². The molecule has 4 heterocycles. The lowest BCUT2D eigenvalue weighted by Crippen LogP contribution is -2.43. The van der Waals surface area contributed by atoms with E-state index in [9.17, 15) is 9.18 Å². The number of hydrogen-bond acceptors (Lipinski definition) is 4. The Labute approximate surface area is 120 Å². The molecule has 0 spiro atoms. The molecule has 0 unspecified atom stereocenters. The number of furan rings is 1. The maximum absolute atomic E-state index is 12.6. The van der Waals surface area contributed by atoms with Crippen molar-refractivity contribution in [3.05, 3.63) is 29.8 Å². The summed E-state index contributed by atoms with van der Waals surface area (Å²) in [6.07, 6.45) is 4.77. The van der Waals surface area contributed by atoms with Gasteiger partial charge in [0.15, 0.2) is 5.58 Å². The number of nitrogens with one attached hydrogen (secondary N) is 2. The van der Waals surface area contributed by atoms with Gasteiger partial charge in [-0.05, 0) is 31.4 Å². The van der Waals surface area contributed by atoms with E-state index in [2.05, 4.69) is 15.6 Å². The van der Waals surface area contributed by atoms with E-state index in [1.807, 2.05) is 0 Å². The van der Waals surface area contributed by atoms with E-state index in [1.54, 1.807) is 12.1 Å². The Bertz CT molecular complexity index is 699. The van der Waals surface area contributed by atoms with Gasteiger partial charge in [-0.15, -0.1) is 0 Å². The van der Waals surface area contributed by atoms with Crippen LogP contribution in [0.1, 0.15) is 35.5 Å². The van der Waals surface area contributed by atoms with Crippen LogP contribution in [0.4, 0.5) is 4.39 Å². The van der Waals surface area contributed by atoms with Crippen molar-refractivity contribution >= 4 is 16.9 Å². The van der Waals surface area contributed by atoms with Gasteiger partial charge in [0, 0.05) is 23.5 Å². The second-order valence-corrected chi connectivity index (χ2v) is 5.82. The lowest BCUT2D eigenvalue weighted by atomic mass is 9.95. The molecular formula is C15H16FN3O2. The highest BCUT2D eigenvalue weighted by atomic mass is 19.1. The Balaban J connectivity index is 1.53. The van der Waals surface area contributed by atoms with Crippen molar-refractivity contribution in [2.24, 2.45) is 0 Å². The van der Waals surface area contributed by atoms with Crippen LogP contribution in [0.2, 0.25) is 0 Å². The van der Waals surface area contributed by atoms with E-state index in [-0.39, 0.29) is 17.7 Å². The molecule has 110 valence electrons. The van der Waals surface area contributed by atoms with Crippen molar-refractivity contribution in [3.63, 3.8) is 0 Å². The van der Waals surface area contributed by atoms with Crippen LogP contribution in [0.25, 0.3) is 11.0 Å². The third-order valence-corrected chi connectivity index (χ3v) is 4.44. The van der Waals surface area contributed by atoms with Crippen LogP contribution < -0.4 is 10.6 Å². The minimum Gasteiger partial charge on any atom is -0.457 e. The van der Waals surface area contributed by atoms with Gasteiger partial charge in [-0.1, -0.05) is 0 Å². The third kappa shape index (κ3) is 2.19. The van der Waals surface area contributed by atoms with Gasteiger partial charge in [0.1, 0.15) is 18.1 Å². The predicted molar refractivity (Wildman–Crippen MR) is 74.6 cm³/mol. The first-order valence-corrected chi connectivity index (χ1v) is 7.24. The Morgan fingerprint density at radius 3 is 3.10 bits per heavy atom. The molecule has 2 saturated heterocycles. The second-order valence-electron chi connectivity index (χ2n) is 5.82. The maximum atomic E-state index is 12.6. The molecule has 6 heteroatoms. The molecule has 5 nitrogen and oxygen atoms in total.